The summed E-state index contributed by atoms with van der Waals surface area (Å²) in [5, 5.41) is 3.87. The average molecular weight is 339 g/mol. The lowest BCUT2D eigenvalue weighted by molar-refractivity contribution is 0.0941. The van der Waals surface area contributed by atoms with Gasteiger partial charge in [-0.15, -0.1) is 0 Å². The normalized spacial score (nSPS) is 12.0. The minimum Gasteiger partial charge on any atom is -0.493 e. The number of fused-ring (bicyclic) bond motifs is 1. The van der Waals surface area contributed by atoms with Crippen molar-refractivity contribution >= 4 is 16.9 Å². The SMILES string of the molecule is COc1ccc(C(C)NC(=O)c2cn(C)c3ncccc23)cc1OC. The summed E-state index contributed by atoms with van der Waals surface area (Å²) in [7, 11) is 5.06. The van der Waals surface area contributed by atoms with Crippen molar-refractivity contribution in [1.29, 1.82) is 0 Å². The molecule has 130 valence electrons. The zero-order valence-electron chi connectivity index (χ0n) is 14.7. The van der Waals surface area contributed by atoms with Crippen LogP contribution in [0.5, 0.6) is 11.5 Å². The van der Waals surface area contributed by atoms with Gasteiger partial charge in [0.15, 0.2) is 11.5 Å². The molecule has 25 heavy (non-hydrogen) atoms. The summed E-state index contributed by atoms with van der Waals surface area (Å²) in [5.74, 6) is 1.15. The van der Waals surface area contributed by atoms with E-state index in [1.807, 2.05) is 48.9 Å². The number of nitrogens with zero attached hydrogens (tertiary/aromatic N) is 2. The molecule has 0 aliphatic carbocycles. The lowest BCUT2D eigenvalue weighted by Gasteiger charge is -2.16. The molecule has 3 aromatic rings. The number of benzene rings is 1. The van der Waals surface area contributed by atoms with Gasteiger partial charge in [0, 0.05) is 24.8 Å². The molecular weight excluding hydrogens is 318 g/mol. The molecule has 0 aliphatic heterocycles. The van der Waals surface area contributed by atoms with E-state index in [0.29, 0.717) is 17.1 Å². The van der Waals surface area contributed by atoms with Crippen LogP contribution in [-0.2, 0) is 7.05 Å². The number of methoxy groups -OCH3 is 2. The van der Waals surface area contributed by atoms with Gasteiger partial charge >= 0.3 is 0 Å². The van der Waals surface area contributed by atoms with Gasteiger partial charge in [-0.3, -0.25) is 4.79 Å². The first-order valence-corrected chi connectivity index (χ1v) is 7.98. The molecular formula is C19H21N3O3. The van der Waals surface area contributed by atoms with Gasteiger partial charge in [0.25, 0.3) is 5.91 Å². The van der Waals surface area contributed by atoms with Gasteiger partial charge in [0.05, 0.1) is 25.8 Å². The molecule has 2 aromatic heterocycles. The van der Waals surface area contributed by atoms with E-state index in [1.54, 1.807) is 26.6 Å². The number of ether oxygens (including phenoxy) is 2. The lowest BCUT2D eigenvalue weighted by Crippen LogP contribution is -2.26. The highest BCUT2D eigenvalue weighted by Gasteiger charge is 2.18. The largest absolute Gasteiger partial charge is 0.493 e. The standard InChI is InChI=1S/C19H21N3O3/c1-12(13-7-8-16(24-3)17(10-13)25-4)21-19(23)15-11-22(2)18-14(15)6-5-9-20-18/h5-12H,1-4H3,(H,21,23). The molecule has 6 nitrogen and oxygen atoms in total. The number of carbonyl (C=O) groups excluding carboxylic acids is 1. The first-order valence-electron chi connectivity index (χ1n) is 7.98. The summed E-state index contributed by atoms with van der Waals surface area (Å²) in [6, 6.07) is 9.17. The molecule has 0 radical (unpaired) electrons. The Hall–Kier alpha value is -3.02. The van der Waals surface area contributed by atoms with Gasteiger partial charge < -0.3 is 19.4 Å². The fourth-order valence-corrected chi connectivity index (χ4v) is 2.87. The van der Waals surface area contributed by atoms with Crippen molar-refractivity contribution in [3.63, 3.8) is 0 Å². The molecule has 1 amide bonds. The molecule has 1 atom stereocenters. The third-order valence-corrected chi connectivity index (χ3v) is 4.23. The predicted octanol–water partition coefficient (Wildman–Crippen LogP) is 3.08. The van der Waals surface area contributed by atoms with Gasteiger partial charge in [-0.2, -0.15) is 0 Å². The molecule has 0 saturated carbocycles. The maximum atomic E-state index is 12.7. The van der Waals surface area contributed by atoms with Crippen LogP contribution >= 0.6 is 0 Å². The molecule has 0 saturated heterocycles. The maximum absolute atomic E-state index is 12.7. The Bertz CT molecular complexity index is 917. The molecule has 0 aliphatic rings. The molecule has 6 heteroatoms. The number of pyridine rings is 1. The number of rotatable bonds is 5. The van der Waals surface area contributed by atoms with Gasteiger partial charge in [-0.25, -0.2) is 4.98 Å². The molecule has 1 N–H and O–H groups in total. The van der Waals surface area contributed by atoms with Crippen molar-refractivity contribution < 1.29 is 14.3 Å². The predicted molar refractivity (Wildman–Crippen MR) is 96.1 cm³/mol. The zero-order chi connectivity index (χ0) is 18.0. The van der Waals surface area contributed by atoms with Crippen LogP contribution in [0.15, 0.2) is 42.7 Å². The monoisotopic (exact) mass is 339 g/mol. The third kappa shape index (κ3) is 3.15. The van der Waals surface area contributed by atoms with E-state index in [-0.39, 0.29) is 11.9 Å². The Morgan fingerprint density at radius 1 is 1.20 bits per heavy atom. The minimum atomic E-state index is -0.181. The Morgan fingerprint density at radius 3 is 2.68 bits per heavy atom. The van der Waals surface area contributed by atoms with Crippen LogP contribution in [0.1, 0.15) is 28.9 Å². The van der Waals surface area contributed by atoms with E-state index in [9.17, 15) is 4.79 Å². The van der Waals surface area contributed by atoms with E-state index in [1.165, 1.54) is 0 Å². The number of amides is 1. The van der Waals surface area contributed by atoms with Gasteiger partial charge in [-0.05, 0) is 36.8 Å². The molecule has 2 heterocycles. The van der Waals surface area contributed by atoms with Crippen LogP contribution in [0.4, 0.5) is 0 Å². The Morgan fingerprint density at radius 2 is 1.96 bits per heavy atom. The van der Waals surface area contributed by atoms with Crippen molar-refractivity contribution in [2.45, 2.75) is 13.0 Å². The van der Waals surface area contributed by atoms with Gasteiger partial charge in [-0.1, -0.05) is 6.07 Å². The molecule has 1 unspecified atom stereocenters. The molecule has 0 fully saturated rings. The summed E-state index contributed by atoms with van der Waals surface area (Å²) in [6.45, 7) is 1.93. The fourth-order valence-electron chi connectivity index (χ4n) is 2.87. The number of carbonyl (C=O) groups is 1. The number of hydrogen-bond acceptors (Lipinski definition) is 4. The Labute approximate surface area is 146 Å². The smallest absolute Gasteiger partial charge is 0.253 e. The first kappa shape index (κ1) is 16.8. The first-order chi connectivity index (χ1) is 12.0. The second kappa shape index (κ2) is 6.84. The highest BCUT2D eigenvalue weighted by atomic mass is 16.5. The summed E-state index contributed by atoms with van der Waals surface area (Å²) < 4.78 is 12.4. The van der Waals surface area contributed by atoms with E-state index in [4.69, 9.17) is 9.47 Å². The fraction of sp³-hybridized carbons (Fsp3) is 0.263. The van der Waals surface area contributed by atoms with E-state index in [2.05, 4.69) is 10.3 Å². The number of hydrogen-bond donors (Lipinski definition) is 1. The summed E-state index contributed by atoms with van der Waals surface area (Å²) in [5.41, 5.74) is 2.33. The Kier molecular flexibility index (Phi) is 4.61. The third-order valence-electron chi connectivity index (χ3n) is 4.23. The minimum absolute atomic E-state index is 0.138. The van der Waals surface area contributed by atoms with Crippen molar-refractivity contribution in [3.8, 4) is 11.5 Å². The van der Waals surface area contributed by atoms with Crippen LogP contribution in [0.3, 0.4) is 0 Å². The topological polar surface area (TPSA) is 65.4 Å². The van der Waals surface area contributed by atoms with Crippen LogP contribution in [0, 0.1) is 0 Å². The van der Waals surface area contributed by atoms with E-state index < -0.39 is 0 Å². The molecule has 1 aromatic carbocycles. The highest BCUT2D eigenvalue weighted by Crippen LogP contribution is 2.30. The van der Waals surface area contributed by atoms with Crippen LogP contribution in [0.2, 0.25) is 0 Å². The van der Waals surface area contributed by atoms with Crippen molar-refractivity contribution in [3.05, 3.63) is 53.9 Å². The summed E-state index contributed by atoms with van der Waals surface area (Å²) in [4.78, 5) is 17.0. The van der Waals surface area contributed by atoms with Crippen LogP contribution in [0.25, 0.3) is 11.0 Å². The highest BCUT2D eigenvalue weighted by molar-refractivity contribution is 6.06. The lowest BCUT2D eigenvalue weighted by atomic mass is 10.1. The number of aromatic nitrogens is 2. The van der Waals surface area contributed by atoms with Gasteiger partial charge in [0.1, 0.15) is 5.65 Å². The van der Waals surface area contributed by atoms with E-state index >= 15 is 0 Å². The van der Waals surface area contributed by atoms with Crippen molar-refractivity contribution in [2.75, 3.05) is 14.2 Å². The molecule has 0 bridgehead atoms. The second-order valence-electron chi connectivity index (χ2n) is 5.84. The number of aryl methyl sites for hydroxylation is 1. The quantitative estimate of drug-likeness (QED) is 0.776. The van der Waals surface area contributed by atoms with Crippen LogP contribution in [-0.4, -0.2) is 29.7 Å². The zero-order valence-corrected chi connectivity index (χ0v) is 14.7. The maximum Gasteiger partial charge on any atom is 0.253 e. The Balaban J connectivity index is 1.85. The second-order valence-corrected chi connectivity index (χ2v) is 5.84. The van der Waals surface area contributed by atoms with Gasteiger partial charge in [0.2, 0.25) is 0 Å². The number of nitrogens with one attached hydrogen (secondary N) is 1. The van der Waals surface area contributed by atoms with Crippen molar-refractivity contribution in [1.82, 2.24) is 14.9 Å². The average Bonchev–Trinajstić information content (AvgIpc) is 2.98. The summed E-state index contributed by atoms with van der Waals surface area (Å²) >= 11 is 0. The van der Waals surface area contributed by atoms with E-state index in [0.717, 1.165) is 16.6 Å². The van der Waals surface area contributed by atoms with Crippen LogP contribution < -0.4 is 14.8 Å². The molecule has 3 rings (SSSR count). The van der Waals surface area contributed by atoms with Crippen molar-refractivity contribution in [2.24, 2.45) is 7.05 Å². The molecule has 0 spiro atoms. The summed E-state index contributed by atoms with van der Waals surface area (Å²) in [6.07, 6.45) is 3.52.